The van der Waals surface area contributed by atoms with Gasteiger partial charge in [0.2, 0.25) is 12.1 Å². The molecular formula is C21H20ClN5O3. The van der Waals surface area contributed by atoms with E-state index in [4.69, 9.17) is 26.1 Å². The van der Waals surface area contributed by atoms with Gasteiger partial charge in [-0.05, 0) is 18.2 Å². The highest BCUT2D eigenvalue weighted by atomic mass is 35.5. The van der Waals surface area contributed by atoms with Crippen LogP contribution in [0.15, 0.2) is 53.5 Å². The second kappa shape index (κ2) is 8.74. The van der Waals surface area contributed by atoms with E-state index in [-0.39, 0.29) is 5.82 Å². The summed E-state index contributed by atoms with van der Waals surface area (Å²) in [6.07, 6.45) is -0.751. The fraction of sp³-hybridized carbons (Fsp3) is 0.238. The summed E-state index contributed by atoms with van der Waals surface area (Å²) >= 11 is 6.30. The van der Waals surface area contributed by atoms with Gasteiger partial charge >= 0.3 is 0 Å². The molecule has 30 heavy (non-hydrogen) atoms. The summed E-state index contributed by atoms with van der Waals surface area (Å²) in [6, 6.07) is 15.2. The molecule has 0 saturated carbocycles. The number of aromatic nitrogens is 3. The maximum absolute atomic E-state index is 12.5. The van der Waals surface area contributed by atoms with Crippen LogP contribution in [0.25, 0.3) is 5.69 Å². The number of fused-ring (bicyclic) bond motifs is 3. The zero-order valence-corrected chi connectivity index (χ0v) is 17.3. The SMILES string of the molecule is COCCNC(=O)c1nc2n(n1)-c1ccc(Cl)cc1C(c1ccccc1)=NC2OC. The maximum atomic E-state index is 12.5. The van der Waals surface area contributed by atoms with E-state index in [1.165, 1.54) is 7.11 Å². The number of carbonyl (C=O) groups excluding carboxylic acids is 1. The Kier molecular flexibility index (Phi) is 5.89. The number of aliphatic imine (C=N–C) groups is 1. The van der Waals surface area contributed by atoms with Crippen molar-refractivity contribution in [2.24, 2.45) is 4.99 Å². The molecule has 154 valence electrons. The molecule has 0 bridgehead atoms. The van der Waals surface area contributed by atoms with Crippen molar-refractivity contribution in [2.45, 2.75) is 6.23 Å². The van der Waals surface area contributed by atoms with Gasteiger partial charge in [-0.15, -0.1) is 5.10 Å². The topological polar surface area (TPSA) is 90.6 Å². The average molecular weight is 426 g/mol. The Balaban J connectivity index is 1.84. The Morgan fingerprint density at radius 3 is 2.73 bits per heavy atom. The van der Waals surface area contributed by atoms with Crippen molar-refractivity contribution in [3.63, 3.8) is 0 Å². The number of nitrogens with zero attached hydrogens (tertiary/aromatic N) is 4. The van der Waals surface area contributed by atoms with Gasteiger partial charge in [-0.1, -0.05) is 41.9 Å². The summed E-state index contributed by atoms with van der Waals surface area (Å²) in [5.41, 5.74) is 3.09. The van der Waals surface area contributed by atoms with Crippen molar-refractivity contribution >= 4 is 23.2 Å². The number of methoxy groups -OCH3 is 2. The first kappa shape index (κ1) is 20.2. The number of hydrogen-bond acceptors (Lipinski definition) is 6. The molecule has 2 aromatic carbocycles. The van der Waals surface area contributed by atoms with Gasteiger partial charge < -0.3 is 14.8 Å². The monoisotopic (exact) mass is 425 g/mol. The smallest absolute Gasteiger partial charge is 0.291 e. The van der Waals surface area contributed by atoms with Crippen LogP contribution in [-0.2, 0) is 9.47 Å². The standard InChI is InChI=1S/C21H20ClN5O3/c1-29-11-10-23-20(28)18-25-19-21(30-2)24-17(13-6-4-3-5-7-13)15-12-14(22)8-9-16(15)27(19)26-18/h3-9,12,21H,10-11H2,1-2H3,(H,23,28). The Morgan fingerprint density at radius 1 is 1.20 bits per heavy atom. The zero-order chi connectivity index (χ0) is 21.1. The Labute approximate surface area is 178 Å². The van der Waals surface area contributed by atoms with Crippen LogP contribution >= 0.6 is 11.6 Å². The molecule has 0 aliphatic carbocycles. The van der Waals surface area contributed by atoms with Crippen LogP contribution in [-0.4, -0.2) is 53.8 Å². The molecule has 0 fully saturated rings. The van der Waals surface area contributed by atoms with Crippen LogP contribution in [0.3, 0.4) is 0 Å². The van der Waals surface area contributed by atoms with Gasteiger partial charge in [0.05, 0.1) is 18.0 Å². The molecule has 2 heterocycles. The summed E-state index contributed by atoms with van der Waals surface area (Å²) in [7, 11) is 3.11. The van der Waals surface area contributed by atoms with Crippen molar-refractivity contribution in [3.05, 3.63) is 76.3 Å². The van der Waals surface area contributed by atoms with Crippen LogP contribution in [0.2, 0.25) is 5.02 Å². The fourth-order valence-electron chi connectivity index (χ4n) is 3.21. The van der Waals surface area contributed by atoms with E-state index in [9.17, 15) is 4.79 Å². The van der Waals surface area contributed by atoms with Gasteiger partial charge in [-0.25, -0.2) is 14.7 Å². The highest BCUT2D eigenvalue weighted by molar-refractivity contribution is 6.31. The second-order valence-electron chi connectivity index (χ2n) is 6.55. The highest BCUT2D eigenvalue weighted by Crippen LogP contribution is 2.31. The zero-order valence-electron chi connectivity index (χ0n) is 16.5. The van der Waals surface area contributed by atoms with E-state index < -0.39 is 12.1 Å². The highest BCUT2D eigenvalue weighted by Gasteiger charge is 2.29. The summed E-state index contributed by atoms with van der Waals surface area (Å²) < 4.78 is 12.2. The van der Waals surface area contributed by atoms with Crippen molar-refractivity contribution in [2.75, 3.05) is 27.4 Å². The number of benzene rings is 2. The van der Waals surface area contributed by atoms with Crippen LogP contribution in [0.5, 0.6) is 0 Å². The first-order valence-electron chi connectivity index (χ1n) is 9.32. The fourth-order valence-corrected chi connectivity index (χ4v) is 3.39. The lowest BCUT2D eigenvalue weighted by atomic mass is 10.0. The van der Waals surface area contributed by atoms with E-state index in [0.717, 1.165) is 11.1 Å². The van der Waals surface area contributed by atoms with E-state index >= 15 is 0 Å². The minimum atomic E-state index is -0.751. The number of amides is 1. The normalized spacial score (nSPS) is 15.0. The van der Waals surface area contributed by atoms with Gasteiger partial charge in [-0.3, -0.25) is 4.79 Å². The quantitative estimate of drug-likeness (QED) is 0.613. The lowest BCUT2D eigenvalue weighted by Crippen LogP contribution is -2.28. The third-order valence-corrected chi connectivity index (χ3v) is 4.84. The lowest BCUT2D eigenvalue weighted by molar-refractivity contribution is 0.0924. The number of nitrogens with one attached hydrogen (secondary N) is 1. The second-order valence-corrected chi connectivity index (χ2v) is 6.98. The molecule has 0 spiro atoms. The molecule has 0 saturated heterocycles. The summed E-state index contributed by atoms with van der Waals surface area (Å²) in [4.78, 5) is 21.7. The summed E-state index contributed by atoms with van der Waals surface area (Å²) in [5, 5.41) is 7.73. The van der Waals surface area contributed by atoms with Gasteiger partial charge in [0, 0.05) is 36.9 Å². The number of carbonyl (C=O) groups is 1. The molecule has 8 nitrogen and oxygen atoms in total. The van der Waals surface area contributed by atoms with Crippen LogP contribution in [0.4, 0.5) is 0 Å². The molecule has 1 unspecified atom stereocenters. The minimum Gasteiger partial charge on any atom is -0.383 e. The molecule has 0 radical (unpaired) electrons. The number of rotatable bonds is 6. The van der Waals surface area contributed by atoms with Crippen molar-refractivity contribution in [1.82, 2.24) is 20.1 Å². The third-order valence-electron chi connectivity index (χ3n) is 4.61. The van der Waals surface area contributed by atoms with Gasteiger partial charge in [0.15, 0.2) is 5.82 Å². The van der Waals surface area contributed by atoms with Gasteiger partial charge in [-0.2, -0.15) is 0 Å². The van der Waals surface area contributed by atoms with Crippen LogP contribution < -0.4 is 5.32 Å². The van der Waals surface area contributed by atoms with Crippen molar-refractivity contribution in [3.8, 4) is 5.69 Å². The Morgan fingerprint density at radius 2 is 2.00 bits per heavy atom. The first-order chi connectivity index (χ1) is 14.6. The molecular weight excluding hydrogens is 406 g/mol. The van der Waals surface area contributed by atoms with E-state index in [1.807, 2.05) is 42.5 Å². The molecule has 1 aromatic heterocycles. The minimum absolute atomic E-state index is 0.0300. The van der Waals surface area contributed by atoms with Crippen LogP contribution in [0, 0.1) is 0 Å². The van der Waals surface area contributed by atoms with Crippen molar-refractivity contribution in [1.29, 1.82) is 0 Å². The van der Waals surface area contributed by atoms with E-state index in [0.29, 0.717) is 35.4 Å². The van der Waals surface area contributed by atoms with E-state index in [2.05, 4.69) is 15.4 Å². The molecule has 9 heteroatoms. The third kappa shape index (κ3) is 3.85. The number of hydrogen-bond donors (Lipinski definition) is 1. The Hall–Kier alpha value is -3.07. The molecule has 1 aliphatic rings. The molecule has 1 aliphatic heterocycles. The average Bonchev–Trinajstić information content (AvgIpc) is 3.15. The molecule has 1 amide bonds. The van der Waals surface area contributed by atoms with E-state index in [1.54, 1.807) is 17.9 Å². The number of halogens is 1. The van der Waals surface area contributed by atoms with Crippen LogP contribution in [0.1, 0.15) is 33.8 Å². The van der Waals surface area contributed by atoms with Gasteiger partial charge in [0.25, 0.3) is 5.91 Å². The largest absolute Gasteiger partial charge is 0.383 e. The molecule has 3 aromatic rings. The predicted octanol–water partition coefficient (Wildman–Crippen LogP) is 2.79. The number of ether oxygens (including phenoxy) is 2. The Bertz CT molecular complexity index is 1100. The molecule has 1 N–H and O–H groups in total. The van der Waals surface area contributed by atoms with Gasteiger partial charge in [0.1, 0.15) is 0 Å². The van der Waals surface area contributed by atoms with Crippen molar-refractivity contribution < 1.29 is 14.3 Å². The maximum Gasteiger partial charge on any atom is 0.291 e. The lowest BCUT2D eigenvalue weighted by Gasteiger charge is -2.11. The summed E-state index contributed by atoms with van der Waals surface area (Å²) in [6.45, 7) is 0.751. The predicted molar refractivity (Wildman–Crippen MR) is 112 cm³/mol. The summed E-state index contributed by atoms with van der Waals surface area (Å²) in [5.74, 6) is 0.0385. The molecule has 4 rings (SSSR count). The first-order valence-corrected chi connectivity index (χ1v) is 9.70. The molecule has 1 atom stereocenters.